The van der Waals surface area contributed by atoms with Gasteiger partial charge in [-0.2, -0.15) is 5.12 Å². The fourth-order valence-corrected chi connectivity index (χ4v) is 1.71. The number of aromatic nitrogens is 1. The van der Waals surface area contributed by atoms with Crippen molar-refractivity contribution < 1.29 is 4.79 Å². The highest BCUT2D eigenvalue weighted by Crippen LogP contribution is 2.28. The molecule has 0 amide bonds. The van der Waals surface area contributed by atoms with Gasteiger partial charge in [0.1, 0.15) is 11.7 Å². The summed E-state index contributed by atoms with van der Waals surface area (Å²) in [5, 5.41) is 15.5. The maximum Gasteiger partial charge on any atom is 0.166 e. The smallest absolute Gasteiger partial charge is 0.166 e. The molecule has 2 rings (SSSR count). The van der Waals surface area contributed by atoms with Crippen LogP contribution in [0.3, 0.4) is 0 Å². The topological polar surface area (TPSA) is 133 Å². The Kier molecular flexibility index (Phi) is 4.84. The Hall–Kier alpha value is -2.74. The Labute approximate surface area is 128 Å². The summed E-state index contributed by atoms with van der Waals surface area (Å²) in [7, 11) is 0. The predicted molar refractivity (Wildman–Crippen MR) is 84.8 cm³/mol. The zero-order valence-electron chi connectivity index (χ0n) is 12.3. The number of amidine groups is 2. The van der Waals surface area contributed by atoms with E-state index in [0.29, 0.717) is 17.9 Å². The van der Waals surface area contributed by atoms with Gasteiger partial charge in [0.2, 0.25) is 0 Å². The van der Waals surface area contributed by atoms with Crippen LogP contribution in [0, 0.1) is 18.3 Å². The lowest BCUT2D eigenvalue weighted by atomic mass is 10.3. The number of hydrogen-bond acceptors (Lipinski definition) is 6. The number of rotatable bonds is 6. The Balaban J connectivity index is 2.07. The fraction of sp³-hybridized carbons (Fsp3) is 0.286. The summed E-state index contributed by atoms with van der Waals surface area (Å²) in [6.07, 6.45) is 5.45. The number of nitrogens with one attached hydrogen (secondary N) is 2. The molecule has 1 fully saturated rings. The van der Waals surface area contributed by atoms with Crippen LogP contribution in [-0.4, -0.2) is 28.1 Å². The highest BCUT2D eigenvalue weighted by Gasteiger charge is 2.26. The van der Waals surface area contributed by atoms with Crippen molar-refractivity contribution in [3.8, 4) is 0 Å². The SMILES string of the molecule is Cc1cccnc1N/C(C=O)=C\C(=N)N(N)/N=C(\N)C1CC1. The maximum atomic E-state index is 11.1. The minimum absolute atomic E-state index is 0.155. The standard InChI is InChI=1S/C14H19N7O/c1-9-3-2-6-18-14(9)19-11(8-22)7-12(15)21(17)20-13(16)10-4-5-10/h2-3,6-8,10,15H,4-5,17H2,1H3,(H2,16,20)(H,18,19)/b11-7-,15-12?. The molecule has 22 heavy (non-hydrogen) atoms. The molecule has 0 bridgehead atoms. The Morgan fingerprint density at radius 1 is 1.59 bits per heavy atom. The third-order valence-electron chi connectivity index (χ3n) is 3.16. The van der Waals surface area contributed by atoms with E-state index < -0.39 is 0 Å². The van der Waals surface area contributed by atoms with Gasteiger partial charge in [0.25, 0.3) is 0 Å². The van der Waals surface area contributed by atoms with Gasteiger partial charge in [0, 0.05) is 18.2 Å². The lowest BCUT2D eigenvalue weighted by Gasteiger charge is -2.13. The lowest BCUT2D eigenvalue weighted by molar-refractivity contribution is -0.104. The van der Waals surface area contributed by atoms with Crippen molar-refractivity contribution in [2.24, 2.45) is 22.6 Å². The second-order valence-electron chi connectivity index (χ2n) is 5.04. The van der Waals surface area contributed by atoms with Gasteiger partial charge < -0.3 is 11.1 Å². The van der Waals surface area contributed by atoms with Gasteiger partial charge in [0.15, 0.2) is 12.1 Å². The number of nitrogens with two attached hydrogens (primary N) is 2. The van der Waals surface area contributed by atoms with E-state index >= 15 is 0 Å². The first-order valence-electron chi connectivity index (χ1n) is 6.84. The van der Waals surface area contributed by atoms with E-state index in [2.05, 4.69) is 15.4 Å². The summed E-state index contributed by atoms with van der Waals surface area (Å²) in [4.78, 5) is 15.3. The first-order chi connectivity index (χ1) is 10.5. The normalized spacial score (nSPS) is 15.4. The molecule has 0 radical (unpaired) electrons. The summed E-state index contributed by atoms with van der Waals surface area (Å²) >= 11 is 0. The number of nitrogens with zero attached hydrogens (tertiary/aromatic N) is 3. The van der Waals surface area contributed by atoms with Crippen LogP contribution in [0.15, 0.2) is 35.2 Å². The molecular weight excluding hydrogens is 282 g/mol. The number of hydrogen-bond donors (Lipinski definition) is 4. The van der Waals surface area contributed by atoms with Crippen molar-refractivity contribution in [2.45, 2.75) is 19.8 Å². The van der Waals surface area contributed by atoms with Crippen LogP contribution in [-0.2, 0) is 4.79 Å². The van der Waals surface area contributed by atoms with E-state index in [0.717, 1.165) is 23.5 Å². The van der Waals surface area contributed by atoms with E-state index in [4.69, 9.17) is 17.0 Å². The number of aryl methyl sites for hydroxylation is 1. The second-order valence-corrected chi connectivity index (χ2v) is 5.04. The second kappa shape index (κ2) is 6.81. The summed E-state index contributed by atoms with van der Waals surface area (Å²) in [5.41, 5.74) is 6.77. The fourth-order valence-electron chi connectivity index (χ4n) is 1.71. The third-order valence-corrected chi connectivity index (χ3v) is 3.16. The maximum absolute atomic E-state index is 11.1. The van der Waals surface area contributed by atoms with Crippen molar-refractivity contribution in [3.63, 3.8) is 0 Å². The highest BCUT2D eigenvalue weighted by atomic mass is 16.1. The Morgan fingerprint density at radius 3 is 2.91 bits per heavy atom. The zero-order valence-corrected chi connectivity index (χ0v) is 12.3. The highest BCUT2D eigenvalue weighted by molar-refractivity contribution is 5.97. The van der Waals surface area contributed by atoms with Crippen LogP contribution in [0.2, 0.25) is 0 Å². The van der Waals surface area contributed by atoms with Crippen molar-refractivity contribution in [1.29, 1.82) is 5.41 Å². The van der Waals surface area contributed by atoms with Gasteiger partial charge in [-0.15, -0.1) is 5.10 Å². The number of hydrazone groups is 1. The molecule has 0 unspecified atom stereocenters. The van der Waals surface area contributed by atoms with E-state index in [1.807, 2.05) is 13.0 Å². The van der Waals surface area contributed by atoms with E-state index in [-0.39, 0.29) is 17.5 Å². The van der Waals surface area contributed by atoms with Crippen LogP contribution in [0.4, 0.5) is 5.82 Å². The Bertz CT molecular complexity index is 634. The molecule has 116 valence electrons. The lowest BCUT2D eigenvalue weighted by Crippen LogP contribution is -2.34. The molecular formula is C14H19N7O. The first-order valence-corrected chi connectivity index (χ1v) is 6.84. The Morgan fingerprint density at radius 2 is 2.32 bits per heavy atom. The van der Waals surface area contributed by atoms with Gasteiger partial charge >= 0.3 is 0 Å². The molecule has 1 aromatic heterocycles. The van der Waals surface area contributed by atoms with Gasteiger partial charge in [-0.25, -0.2) is 10.8 Å². The molecule has 8 heteroatoms. The van der Waals surface area contributed by atoms with Gasteiger partial charge in [-0.1, -0.05) is 6.07 Å². The van der Waals surface area contributed by atoms with Gasteiger partial charge in [0.05, 0.1) is 5.70 Å². The predicted octanol–water partition coefficient (Wildman–Crippen LogP) is 0.720. The van der Waals surface area contributed by atoms with Crippen molar-refractivity contribution in [3.05, 3.63) is 35.7 Å². The van der Waals surface area contributed by atoms with Crippen molar-refractivity contribution >= 4 is 23.8 Å². The number of carbonyl (C=O) groups is 1. The van der Waals surface area contributed by atoms with Crippen LogP contribution < -0.4 is 16.9 Å². The quantitative estimate of drug-likeness (QED) is 0.153. The number of allylic oxidation sites excluding steroid dienone is 1. The molecule has 0 aromatic carbocycles. The monoisotopic (exact) mass is 301 g/mol. The van der Waals surface area contributed by atoms with Crippen molar-refractivity contribution in [1.82, 2.24) is 10.1 Å². The van der Waals surface area contributed by atoms with Crippen molar-refractivity contribution in [2.75, 3.05) is 5.32 Å². The number of anilines is 1. The third kappa shape index (κ3) is 4.13. The molecule has 1 aliphatic carbocycles. The summed E-state index contributed by atoms with van der Waals surface area (Å²) in [6, 6.07) is 3.66. The summed E-state index contributed by atoms with van der Waals surface area (Å²) in [6.45, 7) is 1.86. The van der Waals surface area contributed by atoms with E-state index in [9.17, 15) is 4.79 Å². The largest absolute Gasteiger partial charge is 0.385 e. The summed E-state index contributed by atoms with van der Waals surface area (Å²) < 4.78 is 0. The van der Waals surface area contributed by atoms with Gasteiger partial charge in [-0.05, 0) is 31.4 Å². The molecule has 0 atom stereocenters. The molecule has 0 saturated heterocycles. The minimum Gasteiger partial charge on any atom is -0.385 e. The van der Waals surface area contributed by atoms with Gasteiger partial charge in [-0.3, -0.25) is 10.2 Å². The minimum atomic E-state index is -0.160. The average Bonchev–Trinajstić information content (AvgIpc) is 3.33. The number of aldehydes is 1. The van der Waals surface area contributed by atoms with Crippen LogP contribution >= 0.6 is 0 Å². The van der Waals surface area contributed by atoms with E-state index in [1.165, 1.54) is 6.08 Å². The molecule has 1 saturated carbocycles. The molecule has 1 heterocycles. The molecule has 1 aliphatic rings. The van der Waals surface area contributed by atoms with Crippen LogP contribution in [0.1, 0.15) is 18.4 Å². The van der Waals surface area contributed by atoms with Crippen LogP contribution in [0.5, 0.6) is 0 Å². The molecule has 6 N–H and O–H groups in total. The first kappa shape index (κ1) is 15.6. The summed E-state index contributed by atoms with van der Waals surface area (Å²) in [5.74, 6) is 6.68. The number of pyridine rings is 1. The number of hydrazine groups is 1. The molecule has 8 nitrogen and oxygen atoms in total. The molecule has 1 aromatic rings. The average molecular weight is 301 g/mol. The van der Waals surface area contributed by atoms with Crippen LogP contribution in [0.25, 0.3) is 0 Å². The van der Waals surface area contributed by atoms with E-state index in [1.54, 1.807) is 12.3 Å². The molecule has 0 aliphatic heterocycles. The zero-order chi connectivity index (χ0) is 16.1. The number of carbonyl (C=O) groups excluding carboxylic acids is 1. The molecule has 0 spiro atoms.